The van der Waals surface area contributed by atoms with E-state index in [9.17, 15) is 9.59 Å². The van der Waals surface area contributed by atoms with E-state index in [1.807, 2.05) is 60.7 Å². The molecule has 0 saturated carbocycles. The molecule has 2 heterocycles. The molecule has 3 aromatic carbocycles. The number of piperidine rings is 1. The van der Waals surface area contributed by atoms with E-state index in [1.165, 1.54) is 11.0 Å². The third-order valence-corrected chi connectivity index (χ3v) is 6.49. The van der Waals surface area contributed by atoms with Crippen molar-refractivity contribution < 1.29 is 19.1 Å². The second-order valence-electron chi connectivity index (χ2n) is 8.62. The Labute approximate surface area is 213 Å². The predicted molar refractivity (Wildman–Crippen MR) is 137 cm³/mol. The molecule has 1 aliphatic rings. The van der Waals surface area contributed by atoms with Gasteiger partial charge in [-0.05, 0) is 83.1 Å². The van der Waals surface area contributed by atoms with Crippen LogP contribution >= 0.6 is 0 Å². The van der Waals surface area contributed by atoms with E-state index in [0.29, 0.717) is 29.3 Å². The standard InChI is InChI=1S/C27H26N6O4/c1-36-22-11-3-18(4-12-22)26-24(15-16-25(34)33(26)21-9-13-23(37-2)14-10-21)27(35)29-19-5-7-20(8-6-19)32-17-28-30-31-32/h3-14,17,24,26H,15-16H2,1-2H3,(H,29,35). The molecule has 2 atom stereocenters. The minimum atomic E-state index is -0.499. The maximum absolute atomic E-state index is 13.6. The third-order valence-electron chi connectivity index (χ3n) is 6.49. The van der Waals surface area contributed by atoms with Crippen molar-refractivity contribution in [3.8, 4) is 17.2 Å². The lowest BCUT2D eigenvalue weighted by Gasteiger charge is -2.41. The molecule has 1 aliphatic heterocycles. The van der Waals surface area contributed by atoms with E-state index in [2.05, 4.69) is 20.8 Å². The molecular weight excluding hydrogens is 472 g/mol. The van der Waals surface area contributed by atoms with Gasteiger partial charge < -0.3 is 19.7 Å². The minimum Gasteiger partial charge on any atom is -0.497 e. The van der Waals surface area contributed by atoms with Crippen molar-refractivity contribution in [2.75, 3.05) is 24.4 Å². The molecule has 10 heteroatoms. The number of methoxy groups -OCH3 is 2. The number of aromatic nitrogens is 4. The van der Waals surface area contributed by atoms with Crippen LogP contribution in [-0.2, 0) is 9.59 Å². The molecule has 2 amide bonds. The summed E-state index contributed by atoms with van der Waals surface area (Å²) >= 11 is 0. The van der Waals surface area contributed by atoms with Gasteiger partial charge in [0, 0.05) is 17.8 Å². The van der Waals surface area contributed by atoms with Gasteiger partial charge in [0.25, 0.3) is 0 Å². The Morgan fingerprint density at radius 2 is 1.51 bits per heavy atom. The summed E-state index contributed by atoms with van der Waals surface area (Å²) in [5.74, 6) is 0.703. The Hall–Kier alpha value is -4.73. The monoisotopic (exact) mass is 498 g/mol. The summed E-state index contributed by atoms with van der Waals surface area (Å²) in [6.45, 7) is 0. The number of nitrogens with zero attached hydrogens (tertiary/aromatic N) is 5. The lowest BCUT2D eigenvalue weighted by Crippen LogP contribution is -2.46. The number of rotatable bonds is 7. The molecule has 0 bridgehead atoms. The van der Waals surface area contributed by atoms with Crippen molar-refractivity contribution >= 4 is 23.2 Å². The summed E-state index contributed by atoms with van der Waals surface area (Å²) in [6, 6.07) is 21.5. The number of carbonyl (C=O) groups excluding carboxylic acids is 2. The quantitative estimate of drug-likeness (QED) is 0.412. The highest BCUT2D eigenvalue weighted by Gasteiger charge is 2.41. The summed E-state index contributed by atoms with van der Waals surface area (Å²) in [7, 11) is 3.20. The fraction of sp³-hybridized carbons (Fsp3) is 0.222. The van der Waals surface area contributed by atoms with Gasteiger partial charge in [-0.1, -0.05) is 12.1 Å². The largest absolute Gasteiger partial charge is 0.497 e. The number of tetrazole rings is 1. The highest BCUT2D eigenvalue weighted by Crippen LogP contribution is 2.41. The zero-order valence-electron chi connectivity index (χ0n) is 20.4. The number of benzene rings is 3. The molecule has 1 fully saturated rings. The summed E-state index contributed by atoms with van der Waals surface area (Å²) in [6.07, 6.45) is 2.19. The van der Waals surface area contributed by atoms with Gasteiger partial charge in [0.15, 0.2) is 0 Å². The highest BCUT2D eigenvalue weighted by atomic mass is 16.5. The molecule has 188 valence electrons. The molecule has 1 saturated heterocycles. The van der Waals surface area contributed by atoms with E-state index in [0.717, 1.165) is 11.3 Å². The van der Waals surface area contributed by atoms with Gasteiger partial charge in [0.1, 0.15) is 17.8 Å². The molecule has 4 aromatic rings. The zero-order valence-corrected chi connectivity index (χ0v) is 20.4. The number of ether oxygens (including phenoxy) is 2. The van der Waals surface area contributed by atoms with E-state index in [4.69, 9.17) is 9.47 Å². The maximum Gasteiger partial charge on any atom is 0.229 e. The molecular formula is C27H26N6O4. The number of nitrogens with one attached hydrogen (secondary N) is 1. The molecule has 1 N–H and O–H groups in total. The Morgan fingerprint density at radius 1 is 0.892 bits per heavy atom. The molecule has 0 spiro atoms. The van der Waals surface area contributed by atoms with Crippen molar-refractivity contribution in [2.24, 2.45) is 5.92 Å². The molecule has 0 radical (unpaired) electrons. The van der Waals surface area contributed by atoms with Crippen molar-refractivity contribution in [3.05, 3.63) is 84.7 Å². The first-order chi connectivity index (χ1) is 18.1. The van der Waals surface area contributed by atoms with Crippen LogP contribution in [0.25, 0.3) is 5.69 Å². The Morgan fingerprint density at radius 3 is 2.11 bits per heavy atom. The normalized spacial score (nSPS) is 17.4. The van der Waals surface area contributed by atoms with Gasteiger partial charge in [-0.2, -0.15) is 0 Å². The van der Waals surface area contributed by atoms with E-state index < -0.39 is 12.0 Å². The predicted octanol–water partition coefficient (Wildman–Crippen LogP) is 3.80. The minimum absolute atomic E-state index is 0.0409. The van der Waals surface area contributed by atoms with Crippen LogP contribution in [0.15, 0.2) is 79.1 Å². The summed E-state index contributed by atoms with van der Waals surface area (Å²) in [5, 5.41) is 14.2. The molecule has 5 rings (SSSR count). The Balaban J connectivity index is 1.46. The molecule has 10 nitrogen and oxygen atoms in total. The SMILES string of the molecule is COc1ccc(C2C(C(=O)Nc3ccc(-n4cnnn4)cc3)CCC(=O)N2c2ccc(OC)cc2)cc1. The van der Waals surface area contributed by atoms with Crippen molar-refractivity contribution in [1.29, 1.82) is 0 Å². The van der Waals surface area contributed by atoms with Gasteiger partial charge in [-0.3, -0.25) is 9.59 Å². The topological polar surface area (TPSA) is 111 Å². The van der Waals surface area contributed by atoms with E-state index in [1.54, 1.807) is 31.3 Å². The van der Waals surface area contributed by atoms with Crippen LogP contribution in [0.1, 0.15) is 24.4 Å². The average molecular weight is 499 g/mol. The molecule has 0 aliphatic carbocycles. The average Bonchev–Trinajstić information content (AvgIpc) is 3.48. The fourth-order valence-electron chi connectivity index (χ4n) is 4.61. The van der Waals surface area contributed by atoms with Crippen molar-refractivity contribution in [1.82, 2.24) is 20.2 Å². The maximum atomic E-state index is 13.6. The number of amides is 2. The zero-order chi connectivity index (χ0) is 25.8. The Kier molecular flexibility index (Phi) is 6.80. The van der Waals surface area contributed by atoms with Crippen LogP contribution in [0.4, 0.5) is 11.4 Å². The van der Waals surface area contributed by atoms with E-state index in [-0.39, 0.29) is 18.2 Å². The van der Waals surface area contributed by atoms with Crippen molar-refractivity contribution in [2.45, 2.75) is 18.9 Å². The van der Waals surface area contributed by atoms with Gasteiger partial charge in [-0.15, -0.1) is 5.10 Å². The summed E-state index contributed by atoms with van der Waals surface area (Å²) in [5.41, 5.74) is 2.96. The Bertz CT molecular complexity index is 1360. The van der Waals surface area contributed by atoms with Crippen molar-refractivity contribution in [3.63, 3.8) is 0 Å². The van der Waals surface area contributed by atoms with Gasteiger partial charge >= 0.3 is 0 Å². The lowest BCUT2D eigenvalue weighted by molar-refractivity contribution is -0.125. The number of carbonyl (C=O) groups is 2. The second-order valence-corrected chi connectivity index (χ2v) is 8.62. The van der Waals surface area contributed by atoms with Crippen LogP contribution < -0.4 is 19.7 Å². The first-order valence-corrected chi connectivity index (χ1v) is 11.8. The molecule has 37 heavy (non-hydrogen) atoms. The third kappa shape index (κ3) is 4.99. The number of hydrogen-bond donors (Lipinski definition) is 1. The first-order valence-electron chi connectivity index (χ1n) is 11.8. The van der Waals surface area contributed by atoms with Crippen LogP contribution in [0.3, 0.4) is 0 Å². The summed E-state index contributed by atoms with van der Waals surface area (Å²) in [4.78, 5) is 28.6. The van der Waals surface area contributed by atoms with Crippen LogP contribution in [0.5, 0.6) is 11.5 Å². The highest BCUT2D eigenvalue weighted by molar-refractivity contribution is 6.00. The van der Waals surface area contributed by atoms with Crippen LogP contribution in [-0.4, -0.2) is 46.2 Å². The first kappa shape index (κ1) is 24.0. The lowest BCUT2D eigenvalue weighted by atomic mass is 9.83. The second kappa shape index (κ2) is 10.5. The van der Waals surface area contributed by atoms with Gasteiger partial charge in [0.05, 0.1) is 31.9 Å². The van der Waals surface area contributed by atoms with Gasteiger partial charge in [-0.25, -0.2) is 4.68 Å². The summed E-state index contributed by atoms with van der Waals surface area (Å²) < 4.78 is 12.1. The molecule has 1 aromatic heterocycles. The number of hydrogen-bond acceptors (Lipinski definition) is 7. The van der Waals surface area contributed by atoms with Crippen LogP contribution in [0, 0.1) is 5.92 Å². The number of anilines is 2. The van der Waals surface area contributed by atoms with Crippen LogP contribution in [0.2, 0.25) is 0 Å². The van der Waals surface area contributed by atoms with Gasteiger partial charge in [0.2, 0.25) is 11.8 Å². The van der Waals surface area contributed by atoms with E-state index >= 15 is 0 Å². The molecule has 2 unspecified atom stereocenters. The smallest absolute Gasteiger partial charge is 0.229 e. The fourth-order valence-corrected chi connectivity index (χ4v) is 4.61.